The Morgan fingerprint density at radius 2 is 1.56 bits per heavy atom. The SMILES string of the molecule is Cc1cc2ccc(-c3[c-]c(-c4ccccn4)ccc3)nc2n1-c1ccc(-c2ccccc2)[n-]1.[Pt+2]. The van der Waals surface area contributed by atoms with Crippen molar-refractivity contribution in [2.75, 3.05) is 0 Å². The van der Waals surface area contributed by atoms with Crippen LogP contribution in [-0.4, -0.2) is 14.5 Å². The fraction of sp³-hybridized carbons (Fsp3) is 0.0345. The summed E-state index contributed by atoms with van der Waals surface area (Å²) < 4.78 is 2.12. The second-order valence-corrected chi connectivity index (χ2v) is 7.98. The first kappa shape index (κ1) is 22.1. The van der Waals surface area contributed by atoms with Gasteiger partial charge in [-0.25, -0.2) is 0 Å². The minimum atomic E-state index is 0. The van der Waals surface area contributed by atoms with Gasteiger partial charge >= 0.3 is 21.1 Å². The molecule has 0 spiro atoms. The predicted molar refractivity (Wildman–Crippen MR) is 132 cm³/mol. The van der Waals surface area contributed by atoms with Crippen LogP contribution in [0.15, 0.2) is 103 Å². The number of hydrogen-bond donors (Lipinski definition) is 0. The Morgan fingerprint density at radius 1 is 0.765 bits per heavy atom. The standard InChI is InChI=1S/C29H20N4.Pt/c1-20-18-24-13-14-27(23-11-7-10-22(19-23)25-12-5-6-17-30-25)32-29(24)33(20)28-16-15-26(31-28)21-8-3-2-4-9-21;/h2-18H,1H3;/q-2;+2. The molecule has 0 amide bonds. The van der Waals surface area contributed by atoms with Gasteiger partial charge in [-0.15, -0.1) is 24.3 Å². The van der Waals surface area contributed by atoms with Crippen LogP contribution in [0.2, 0.25) is 0 Å². The van der Waals surface area contributed by atoms with Crippen molar-refractivity contribution in [3.05, 3.63) is 115 Å². The smallest absolute Gasteiger partial charge is 0.435 e. The van der Waals surface area contributed by atoms with Gasteiger partial charge in [0.25, 0.3) is 0 Å². The number of fused-ring (bicyclic) bond motifs is 1. The van der Waals surface area contributed by atoms with E-state index in [-0.39, 0.29) is 21.1 Å². The zero-order chi connectivity index (χ0) is 22.2. The van der Waals surface area contributed by atoms with Crippen LogP contribution < -0.4 is 4.98 Å². The van der Waals surface area contributed by atoms with E-state index in [4.69, 9.17) is 9.97 Å². The summed E-state index contributed by atoms with van der Waals surface area (Å²) in [6, 6.07) is 36.1. The molecule has 0 radical (unpaired) electrons. The molecule has 0 fully saturated rings. The Morgan fingerprint density at radius 3 is 2.35 bits per heavy atom. The summed E-state index contributed by atoms with van der Waals surface area (Å²) in [7, 11) is 0. The molecule has 0 aliphatic rings. The summed E-state index contributed by atoms with van der Waals surface area (Å²) in [6.07, 6.45) is 1.80. The van der Waals surface area contributed by atoms with Crippen LogP contribution in [0.25, 0.3) is 50.6 Å². The second-order valence-electron chi connectivity index (χ2n) is 7.98. The van der Waals surface area contributed by atoms with Gasteiger partial charge in [0.15, 0.2) is 0 Å². The van der Waals surface area contributed by atoms with Crippen LogP contribution in [0.1, 0.15) is 5.69 Å². The maximum absolute atomic E-state index is 5.03. The molecule has 0 aliphatic carbocycles. The van der Waals surface area contributed by atoms with Gasteiger partial charge in [0, 0.05) is 17.6 Å². The zero-order valence-electron chi connectivity index (χ0n) is 18.4. The van der Waals surface area contributed by atoms with Crippen molar-refractivity contribution >= 4 is 11.0 Å². The largest absolute Gasteiger partial charge is 2.00 e. The van der Waals surface area contributed by atoms with E-state index in [9.17, 15) is 0 Å². The van der Waals surface area contributed by atoms with E-state index >= 15 is 0 Å². The Balaban J connectivity index is 0.00000241. The Bertz CT molecular complexity index is 1570. The zero-order valence-corrected chi connectivity index (χ0v) is 20.7. The average Bonchev–Trinajstić information content (AvgIpc) is 3.48. The van der Waals surface area contributed by atoms with Crippen molar-refractivity contribution in [3.8, 4) is 39.6 Å². The summed E-state index contributed by atoms with van der Waals surface area (Å²) in [5.41, 5.74) is 7.70. The Hall–Kier alpha value is -3.75. The van der Waals surface area contributed by atoms with Gasteiger partial charge in [-0.05, 0) is 29.6 Å². The first-order valence-corrected chi connectivity index (χ1v) is 10.9. The number of pyridine rings is 2. The maximum Gasteiger partial charge on any atom is 2.00 e. The molecule has 0 saturated carbocycles. The molecule has 4 aromatic heterocycles. The number of aryl methyl sites for hydroxylation is 1. The fourth-order valence-electron chi connectivity index (χ4n) is 4.18. The molecule has 2 aromatic carbocycles. The van der Waals surface area contributed by atoms with E-state index < -0.39 is 0 Å². The molecule has 0 unspecified atom stereocenters. The van der Waals surface area contributed by atoms with Gasteiger partial charge in [0.2, 0.25) is 0 Å². The van der Waals surface area contributed by atoms with Crippen molar-refractivity contribution in [2.24, 2.45) is 0 Å². The predicted octanol–water partition coefficient (Wildman–Crippen LogP) is 6.48. The van der Waals surface area contributed by atoms with E-state index in [0.29, 0.717) is 0 Å². The number of aromatic nitrogens is 4. The van der Waals surface area contributed by atoms with E-state index in [1.165, 1.54) is 0 Å². The monoisotopic (exact) mass is 619 g/mol. The average molecular weight is 620 g/mol. The van der Waals surface area contributed by atoms with Crippen LogP contribution in [0, 0.1) is 13.0 Å². The number of rotatable bonds is 4. The molecule has 6 rings (SSSR count). The van der Waals surface area contributed by atoms with E-state index in [0.717, 1.165) is 56.3 Å². The molecule has 0 bridgehead atoms. The van der Waals surface area contributed by atoms with Gasteiger partial charge in [0.05, 0.1) is 5.65 Å². The normalized spacial score (nSPS) is 10.9. The molecule has 0 aliphatic heterocycles. The third kappa shape index (κ3) is 4.02. The van der Waals surface area contributed by atoms with Crippen molar-refractivity contribution in [1.82, 2.24) is 19.5 Å². The minimum absolute atomic E-state index is 0. The molecule has 166 valence electrons. The summed E-state index contributed by atoms with van der Waals surface area (Å²) in [6.45, 7) is 2.09. The quantitative estimate of drug-likeness (QED) is 0.212. The molecule has 6 aromatic rings. The molecule has 4 heterocycles. The molecule has 0 N–H and O–H groups in total. The molecule has 0 atom stereocenters. The molecule has 4 nitrogen and oxygen atoms in total. The van der Waals surface area contributed by atoms with Gasteiger partial charge in [-0.1, -0.05) is 95.4 Å². The topological polar surface area (TPSA) is 44.8 Å². The number of benzene rings is 2. The first-order valence-electron chi connectivity index (χ1n) is 10.9. The Labute approximate surface area is 212 Å². The van der Waals surface area contributed by atoms with Crippen molar-refractivity contribution in [3.63, 3.8) is 0 Å². The fourth-order valence-corrected chi connectivity index (χ4v) is 4.18. The van der Waals surface area contributed by atoms with Crippen LogP contribution in [0.5, 0.6) is 0 Å². The molecule has 0 saturated heterocycles. The van der Waals surface area contributed by atoms with Crippen molar-refractivity contribution in [1.29, 1.82) is 0 Å². The van der Waals surface area contributed by atoms with Crippen LogP contribution in [-0.2, 0) is 21.1 Å². The third-order valence-electron chi connectivity index (χ3n) is 5.77. The molecular weight excluding hydrogens is 599 g/mol. The van der Waals surface area contributed by atoms with Crippen LogP contribution in [0.3, 0.4) is 0 Å². The number of hydrogen-bond acceptors (Lipinski definition) is 2. The van der Waals surface area contributed by atoms with Crippen LogP contribution >= 0.6 is 0 Å². The molecule has 34 heavy (non-hydrogen) atoms. The van der Waals surface area contributed by atoms with Gasteiger partial charge in [-0.3, -0.25) is 9.97 Å². The minimum Gasteiger partial charge on any atom is -0.435 e. The third-order valence-corrected chi connectivity index (χ3v) is 5.77. The van der Waals surface area contributed by atoms with E-state index in [1.54, 1.807) is 6.20 Å². The van der Waals surface area contributed by atoms with Crippen LogP contribution in [0.4, 0.5) is 0 Å². The summed E-state index contributed by atoms with van der Waals surface area (Å²) >= 11 is 0. The van der Waals surface area contributed by atoms with Crippen molar-refractivity contribution in [2.45, 2.75) is 6.92 Å². The van der Waals surface area contributed by atoms with Gasteiger partial charge in [0.1, 0.15) is 0 Å². The Kier molecular flexibility index (Phi) is 6.00. The second kappa shape index (κ2) is 9.24. The summed E-state index contributed by atoms with van der Waals surface area (Å²) in [5, 5.41) is 1.08. The first-order chi connectivity index (χ1) is 16.3. The summed E-state index contributed by atoms with van der Waals surface area (Å²) in [4.78, 5) is 14.4. The molecule has 5 heteroatoms. The van der Waals surface area contributed by atoms with E-state index in [2.05, 4.69) is 58.9 Å². The van der Waals surface area contributed by atoms with Gasteiger partial charge in [-0.2, -0.15) is 0 Å². The molecular formula is C29H20N4Pt. The summed E-state index contributed by atoms with van der Waals surface area (Å²) in [5.74, 6) is 0.872. The van der Waals surface area contributed by atoms with Gasteiger partial charge < -0.3 is 9.55 Å². The van der Waals surface area contributed by atoms with E-state index in [1.807, 2.05) is 60.7 Å². The van der Waals surface area contributed by atoms with Crippen molar-refractivity contribution < 1.29 is 21.1 Å². The number of nitrogens with zero attached hydrogens (tertiary/aromatic N) is 4. The maximum atomic E-state index is 5.03.